The molecule has 0 spiro atoms. The van der Waals surface area contributed by atoms with Crippen molar-refractivity contribution in [3.05, 3.63) is 0 Å². The molecule has 0 N–H and O–H groups in total. The average molecular weight is 229 g/mol. The Labute approximate surface area is 97.8 Å². The van der Waals surface area contributed by atoms with E-state index in [1.807, 2.05) is 0 Å². The van der Waals surface area contributed by atoms with E-state index in [-0.39, 0.29) is 0 Å². The minimum Gasteiger partial charge on any atom is -0.302 e. The smallest absolute Gasteiger partial charge is 0.129 e. The van der Waals surface area contributed by atoms with E-state index in [9.17, 15) is 4.79 Å². The molecule has 1 rings (SSSR count). The highest BCUT2D eigenvalue weighted by Crippen LogP contribution is 2.30. The normalized spacial score (nSPS) is 22.3. The fourth-order valence-electron chi connectivity index (χ4n) is 1.84. The number of carbonyl (C=O) groups excluding carboxylic acids is 1. The zero-order chi connectivity index (χ0) is 11.3. The van der Waals surface area contributed by atoms with Crippen molar-refractivity contribution in [3.8, 4) is 0 Å². The number of rotatable bonds is 4. The number of ketones is 1. The number of nitrogens with zero attached hydrogens (tertiary/aromatic N) is 1. The molecule has 1 heterocycles. The Hall–Kier alpha value is -0.0200. The van der Waals surface area contributed by atoms with Crippen molar-refractivity contribution in [2.75, 3.05) is 25.4 Å². The van der Waals surface area contributed by atoms with Gasteiger partial charge < -0.3 is 9.69 Å². The van der Waals surface area contributed by atoms with E-state index >= 15 is 0 Å². The summed E-state index contributed by atoms with van der Waals surface area (Å²) < 4.78 is 0.440. The predicted octanol–water partition coefficient (Wildman–Crippen LogP) is 2.57. The molecular weight excluding hydrogens is 206 g/mol. The quantitative estimate of drug-likeness (QED) is 0.739. The second kappa shape index (κ2) is 5.90. The summed E-state index contributed by atoms with van der Waals surface area (Å²) in [6.45, 7) is 9.81. The van der Waals surface area contributed by atoms with E-state index in [0.29, 0.717) is 10.5 Å². The molecule has 2 nitrogen and oxygen atoms in total. The highest BCUT2D eigenvalue weighted by Gasteiger charge is 2.23. The van der Waals surface area contributed by atoms with Crippen LogP contribution in [0.2, 0.25) is 0 Å². The van der Waals surface area contributed by atoms with Gasteiger partial charge in [0.2, 0.25) is 0 Å². The van der Waals surface area contributed by atoms with Gasteiger partial charge in [0.15, 0.2) is 0 Å². The van der Waals surface area contributed by atoms with Crippen molar-refractivity contribution in [1.29, 1.82) is 0 Å². The van der Waals surface area contributed by atoms with Crippen LogP contribution in [0.15, 0.2) is 0 Å². The summed E-state index contributed by atoms with van der Waals surface area (Å²) >= 11 is 2.08. The topological polar surface area (TPSA) is 20.3 Å². The molecular formula is C12H23NOS. The Morgan fingerprint density at radius 2 is 2.13 bits per heavy atom. The molecule has 0 bridgehead atoms. The zero-order valence-electron chi connectivity index (χ0n) is 10.2. The third-order valence-corrected chi connectivity index (χ3v) is 4.31. The van der Waals surface area contributed by atoms with Gasteiger partial charge in [0.25, 0.3) is 0 Å². The molecule has 1 saturated heterocycles. The first kappa shape index (κ1) is 13.0. The first-order chi connectivity index (χ1) is 6.99. The Morgan fingerprint density at radius 1 is 1.40 bits per heavy atom. The lowest BCUT2D eigenvalue weighted by molar-refractivity contribution is -0.117. The summed E-state index contributed by atoms with van der Waals surface area (Å²) in [7, 11) is 0. The van der Waals surface area contributed by atoms with Crippen LogP contribution < -0.4 is 0 Å². The van der Waals surface area contributed by atoms with Crippen molar-refractivity contribution < 1.29 is 4.79 Å². The van der Waals surface area contributed by atoms with Gasteiger partial charge in [-0.3, -0.25) is 0 Å². The molecule has 0 amide bonds. The molecule has 0 radical (unpaired) electrons. The number of Topliss-reactive ketones (excluding diaryl/α,β-unsaturated/α-hetero) is 1. The fourth-order valence-corrected chi connectivity index (χ4v) is 2.98. The van der Waals surface area contributed by atoms with Gasteiger partial charge >= 0.3 is 0 Å². The highest BCUT2D eigenvalue weighted by atomic mass is 32.2. The average Bonchev–Trinajstić information content (AvgIpc) is 2.27. The molecule has 3 heteroatoms. The monoisotopic (exact) mass is 229 g/mol. The van der Waals surface area contributed by atoms with Crippen LogP contribution in [0.3, 0.4) is 0 Å². The molecule has 1 aliphatic heterocycles. The maximum atomic E-state index is 10.8. The summed E-state index contributed by atoms with van der Waals surface area (Å²) in [6.07, 6.45) is 3.03. The van der Waals surface area contributed by atoms with Gasteiger partial charge in [-0.25, -0.2) is 0 Å². The van der Waals surface area contributed by atoms with Gasteiger partial charge in [-0.15, -0.1) is 0 Å². The van der Waals surface area contributed by atoms with Crippen molar-refractivity contribution in [1.82, 2.24) is 4.90 Å². The van der Waals surface area contributed by atoms with Crippen LogP contribution in [-0.2, 0) is 4.79 Å². The third-order valence-electron chi connectivity index (χ3n) is 2.93. The molecule has 1 fully saturated rings. The first-order valence-corrected chi connectivity index (χ1v) is 6.84. The van der Waals surface area contributed by atoms with E-state index in [4.69, 9.17) is 0 Å². The Balaban J connectivity index is 2.23. The van der Waals surface area contributed by atoms with Gasteiger partial charge in [-0.05, 0) is 32.9 Å². The van der Waals surface area contributed by atoms with Crippen molar-refractivity contribution in [2.24, 2.45) is 0 Å². The first-order valence-electron chi connectivity index (χ1n) is 5.85. The van der Waals surface area contributed by atoms with Crippen molar-refractivity contribution in [3.63, 3.8) is 0 Å². The predicted molar refractivity (Wildman–Crippen MR) is 67.5 cm³/mol. The third kappa shape index (κ3) is 5.57. The van der Waals surface area contributed by atoms with Gasteiger partial charge in [0.05, 0.1) is 0 Å². The summed E-state index contributed by atoms with van der Waals surface area (Å²) in [5, 5.41) is 0. The molecule has 88 valence electrons. The van der Waals surface area contributed by atoms with Crippen LogP contribution in [-0.4, -0.2) is 40.8 Å². The Bertz CT molecular complexity index is 216. The second-order valence-electron chi connectivity index (χ2n) is 5.01. The van der Waals surface area contributed by atoms with Gasteiger partial charge in [0, 0.05) is 23.5 Å². The standard InChI is InChI=1S/C12H23NOS/c1-11(14)5-4-7-13-8-6-12(2,3)15-10-9-13/h4-10H2,1-3H3. The van der Waals surface area contributed by atoms with Crippen LogP contribution in [0.1, 0.15) is 40.0 Å². The zero-order valence-corrected chi connectivity index (χ0v) is 11.0. The fraction of sp³-hybridized carbons (Fsp3) is 0.917. The largest absolute Gasteiger partial charge is 0.302 e. The van der Waals surface area contributed by atoms with Gasteiger partial charge in [-0.1, -0.05) is 13.8 Å². The lowest BCUT2D eigenvalue weighted by atomic mass is 10.1. The summed E-state index contributed by atoms with van der Waals surface area (Å²) in [6, 6.07) is 0. The Morgan fingerprint density at radius 3 is 2.80 bits per heavy atom. The maximum absolute atomic E-state index is 10.8. The van der Waals surface area contributed by atoms with E-state index in [1.54, 1.807) is 6.92 Å². The Kier molecular flexibility index (Phi) is 5.13. The van der Waals surface area contributed by atoms with E-state index in [0.717, 1.165) is 19.4 Å². The molecule has 0 aromatic carbocycles. The number of hydrogen-bond donors (Lipinski definition) is 0. The molecule has 0 saturated carbocycles. The van der Waals surface area contributed by atoms with Gasteiger partial charge in [-0.2, -0.15) is 11.8 Å². The summed E-state index contributed by atoms with van der Waals surface area (Å²) in [5.41, 5.74) is 0. The molecule has 0 aromatic heterocycles. The number of hydrogen-bond acceptors (Lipinski definition) is 3. The molecule has 1 aliphatic rings. The minimum absolute atomic E-state index is 0.319. The minimum atomic E-state index is 0.319. The summed E-state index contributed by atoms with van der Waals surface area (Å²) in [4.78, 5) is 13.3. The van der Waals surface area contributed by atoms with Crippen LogP contribution >= 0.6 is 11.8 Å². The maximum Gasteiger partial charge on any atom is 0.129 e. The lowest BCUT2D eigenvalue weighted by Crippen LogP contribution is -2.28. The number of carbonyl (C=O) groups is 1. The molecule has 0 aliphatic carbocycles. The summed E-state index contributed by atoms with van der Waals surface area (Å²) in [5.74, 6) is 1.55. The van der Waals surface area contributed by atoms with Crippen molar-refractivity contribution in [2.45, 2.75) is 44.8 Å². The molecule has 0 atom stereocenters. The highest BCUT2D eigenvalue weighted by molar-refractivity contribution is 8.00. The van der Waals surface area contributed by atoms with Crippen molar-refractivity contribution >= 4 is 17.5 Å². The second-order valence-corrected chi connectivity index (χ2v) is 6.81. The van der Waals surface area contributed by atoms with Crippen LogP contribution in [0.4, 0.5) is 0 Å². The van der Waals surface area contributed by atoms with E-state index < -0.39 is 0 Å². The van der Waals surface area contributed by atoms with Gasteiger partial charge in [0.1, 0.15) is 5.78 Å². The molecule has 0 unspecified atom stereocenters. The van der Waals surface area contributed by atoms with Crippen LogP contribution in [0.5, 0.6) is 0 Å². The molecule has 15 heavy (non-hydrogen) atoms. The molecule has 0 aromatic rings. The lowest BCUT2D eigenvalue weighted by Gasteiger charge is -2.22. The SMILES string of the molecule is CC(=O)CCCN1CCSC(C)(C)CC1. The van der Waals surface area contributed by atoms with E-state index in [2.05, 4.69) is 30.5 Å². The number of thioether (sulfide) groups is 1. The van der Waals surface area contributed by atoms with Crippen LogP contribution in [0.25, 0.3) is 0 Å². The van der Waals surface area contributed by atoms with Crippen LogP contribution in [0, 0.1) is 0 Å². The van der Waals surface area contributed by atoms with E-state index in [1.165, 1.54) is 25.3 Å².